The standard InChI is InChI=1S/C20H15ClFNO2/c1-2-25-17-7-3-13(4-8-17)19(24)10-5-14-11-15-12-16(22)6-9-18(15)23-20(14)21/h3-12H,2H2,1H3/b10-5+. The monoisotopic (exact) mass is 355 g/mol. The van der Waals surface area contributed by atoms with Gasteiger partial charge in [0.25, 0.3) is 0 Å². The number of fused-ring (bicyclic) bond motifs is 1. The lowest BCUT2D eigenvalue weighted by Gasteiger charge is -2.04. The number of allylic oxidation sites excluding steroid dienone is 1. The minimum absolute atomic E-state index is 0.168. The van der Waals surface area contributed by atoms with Crippen molar-refractivity contribution in [3.05, 3.63) is 76.7 Å². The van der Waals surface area contributed by atoms with Crippen LogP contribution in [0.2, 0.25) is 5.15 Å². The summed E-state index contributed by atoms with van der Waals surface area (Å²) in [4.78, 5) is 16.5. The zero-order valence-corrected chi connectivity index (χ0v) is 14.3. The van der Waals surface area contributed by atoms with Crippen molar-refractivity contribution in [1.82, 2.24) is 4.98 Å². The average Bonchev–Trinajstić information content (AvgIpc) is 2.61. The molecule has 0 unspecified atom stereocenters. The van der Waals surface area contributed by atoms with Crippen LogP contribution in [0.4, 0.5) is 4.39 Å². The van der Waals surface area contributed by atoms with E-state index in [0.29, 0.717) is 34.4 Å². The first-order valence-electron chi connectivity index (χ1n) is 7.78. The number of carbonyl (C=O) groups excluding carboxylic acids is 1. The van der Waals surface area contributed by atoms with E-state index in [0.717, 1.165) is 0 Å². The first kappa shape index (κ1) is 17.1. The fourth-order valence-electron chi connectivity index (χ4n) is 2.40. The van der Waals surface area contributed by atoms with Crippen LogP contribution < -0.4 is 4.74 Å². The number of aromatic nitrogens is 1. The van der Waals surface area contributed by atoms with Crippen molar-refractivity contribution in [3.8, 4) is 5.75 Å². The highest BCUT2D eigenvalue weighted by atomic mass is 35.5. The Morgan fingerprint density at radius 3 is 2.68 bits per heavy atom. The van der Waals surface area contributed by atoms with Gasteiger partial charge >= 0.3 is 0 Å². The topological polar surface area (TPSA) is 39.2 Å². The molecule has 3 aromatic rings. The van der Waals surface area contributed by atoms with Crippen LogP contribution >= 0.6 is 11.6 Å². The van der Waals surface area contributed by atoms with Gasteiger partial charge in [-0.15, -0.1) is 0 Å². The van der Waals surface area contributed by atoms with Crippen molar-refractivity contribution in [1.29, 1.82) is 0 Å². The van der Waals surface area contributed by atoms with Gasteiger partial charge in [-0.3, -0.25) is 4.79 Å². The number of rotatable bonds is 5. The maximum absolute atomic E-state index is 13.3. The Hall–Kier alpha value is -2.72. The highest BCUT2D eigenvalue weighted by Crippen LogP contribution is 2.23. The third-order valence-electron chi connectivity index (χ3n) is 3.62. The van der Waals surface area contributed by atoms with Gasteiger partial charge in [0, 0.05) is 16.5 Å². The van der Waals surface area contributed by atoms with Gasteiger partial charge in [0.05, 0.1) is 12.1 Å². The van der Waals surface area contributed by atoms with Crippen molar-refractivity contribution in [2.45, 2.75) is 6.92 Å². The minimum atomic E-state index is -0.350. The van der Waals surface area contributed by atoms with Crippen LogP contribution in [0, 0.1) is 5.82 Å². The Balaban J connectivity index is 1.84. The van der Waals surface area contributed by atoms with Gasteiger partial charge in [0.1, 0.15) is 16.7 Å². The molecular formula is C20H15ClFNO2. The summed E-state index contributed by atoms with van der Waals surface area (Å²) in [5.74, 6) is 0.197. The SMILES string of the molecule is CCOc1ccc(C(=O)/C=C/c2cc3cc(F)ccc3nc2Cl)cc1. The largest absolute Gasteiger partial charge is 0.494 e. The summed E-state index contributed by atoms with van der Waals surface area (Å²) in [6.07, 6.45) is 3.00. The molecule has 0 amide bonds. The Kier molecular flexibility index (Phi) is 5.10. The van der Waals surface area contributed by atoms with Gasteiger partial charge in [-0.2, -0.15) is 0 Å². The number of hydrogen-bond donors (Lipinski definition) is 0. The second kappa shape index (κ2) is 7.45. The van der Waals surface area contributed by atoms with Crippen LogP contribution in [-0.4, -0.2) is 17.4 Å². The molecule has 0 spiro atoms. The minimum Gasteiger partial charge on any atom is -0.494 e. The van der Waals surface area contributed by atoms with Crippen LogP contribution in [0.25, 0.3) is 17.0 Å². The van der Waals surface area contributed by atoms with Crippen molar-refractivity contribution in [3.63, 3.8) is 0 Å². The lowest BCUT2D eigenvalue weighted by atomic mass is 10.1. The first-order chi connectivity index (χ1) is 12.1. The number of carbonyl (C=O) groups is 1. The zero-order chi connectivity index (χ0) is 17.8. The summed E-state index contributed by atoms with van der Waals surface area (Å²) in [5.41, 5.74) is 1.69. The van der Waals surface area contributed by atoms with Gasteiger partial charge in [-0.05, 0) is 67.6 Å². The van der Waals surface area contributed by atoms with E-state index in [1.165, 1.54) is 18.2 Å². The molecule has 1 heterocycles. The van der Waals surface area contributed by atoms with E-state index in [-0.39, 0.29) is 16.8 Å². The molecule has 0 saturated heterocycles. The van der Waals surface area contributed by atoms with E-state index in [2.05, 4.69) is 4.98 Å². The first-order valence-corrected chi connectivity index (χ1v) is 8.15. The number of ketones is 1. The number of hydrogen-bond acceptors (Lipinski definition) is 3. The molecule has 3 rings (SSSR count). The van der Waals surface area contributed by atoms with Crippen molar-refractivity contribution in [2.75, 3.05) is 6.61 Å². The lowest BCUT2D eigenvalue weighted by Crippen LogP contribution is -1.96. The van der Waals surface area contributed by atoms with Crippen LogP contribution in [0.15, 0.2) is 54.6 Å². The second-order valence-electron chi connectivity index (χ2n) is 5.36. The Bertz CT molecular complexity index is 952. The van der Waals surface area contributed by atoms with E-state index in [9.17, 15) is 9.18 Å². The third-order valence-corrected chi connectivity index (χ3v) is 3.92. The molecule has 0 aliphatic heterocycles. The van der Waals surface area contributed by atoms with Crippen molar-refractivity contribution >= 4 is 34.4 Å². The molecule has 0 saturated carbocycles. The molecule has 0 N–H and O–H groups in total. The van der Waals surface area contributed by atoms with Crippen LogP contribution in [-0.2, 0) is 0 Å². The third kappa shape index (κ3) is 4.03. The smallest absolute Gasteiger partial charge is 0.185 e. The number of nitrogens with zero attached hydrogens (tertiary/aromatic N) is 1. The van der Waals surface area contributed by atoms with Gasteiger partial charge in [-0.25, -0.2) is 9.37 Å². The molecule has 2 aromatic carbocycles. The molecule has 1 aromatic heterocycles. The Morgan fingerprint density at radius 2 is 1.96 bits per heavy atom. The summed E-state index contributed by atoms with van der Waals surface area (Å²) in [6, 6.07) is 12.9. The highest BCUT2D eigenvalue weighted by molar-refractivity contribution is 6.31. The normalized spacial score (nSPS) is 11.2. The predicted octanol–water partition coefficient (Wildman–Crippen LogP) is 5.32. The predicted molar refractivity (Wildman–Crippen MR) is 97.7 cm³/mol. The maximum Gasteiger partial charge on any atom is 0.185 e. The fourth-order valence-corrected chi connectivity index (χ4v) is 2.61. The molecule has 0 aliphatic carbocycles. The van der Waals surface area contributed by atoms with E-state index >= 15 is 0 Å². The zero-order valence-electron chi connectivity index (χ0n) is 13.5. The maximum atomic E-state index is 13.3. The second-order valence-corrected chi connectivity index (χ2v) is 5.72. The molecule has 0 atom stereocenters. The number of ether oxygens (including phenoxy) is 1. The quantitative estimate of drug-likeness (QED) is 0.353. The Morgan fingerprint density at radius 1 is 1.20 bits per heavy atom. The summed E-state index contributed by atoms with van der Waals surface area (Å²) < 4.78 is 18.7. The highest BCUT2D eigenvalue weighted by Gasteiger charge is 2.06. The molecule has 0 bridgehead atoms. The summed E-state index contributed by atoms with van der Waals surface area (Å²) >= 11 is 6.14. The molecule has 25 heavy (non-hydrogen) atoms. The fraction of sp³-hybridized carbons (Fsp3) is 0.100. The van der Waals surface area contributed by atoms with Crippen molar-refractivity contribution in [2.24, 2.45) is 0 Å². The summed E-state index contributed by atoms with van der Waals surface area (Å²) in [7, 11) is 0. The van der Waals surface area contributed by atoms with Crippen molar-refractivity contribution < 1.29 is 13.9 Å². The van der Waals surface area contributed by atoms with Crippen LogP contribution in [0.3, 0.4) is 0 Å². The van der Waals surface area contributed by atoms with Gasteiger partial charge in [0.2, 0.25) is 0 Å². The van der Waals surface area contributed by atoms with E-state index < -0.39 is 0 Å². The molecule has 3 nitrogen and oxygen atoms in total. The van der Waals surface area contributed by atoms with E-state index in [1.54, 1.807) is 42.5 Å². The summed E-state index contributed by atoms with van der Waals surface area (Å²) in [5, 5.41) is 0.882. The molecule has 0 fully saturated rings. The summed E-state index contributed by atoms with van der Waals surface area (Å²) in [6.45, 7) is 2.47. The molecular weight excluding hydrogens is 341 g/mol. The van der Waals surface area contributed by atoms with E-state index in [1.807, 2.05) is 6.92 Å². The molecule has 0 aliphatic rings. The van der Waals surface area contributed by atoms with Gasteiger partial charge in [0.15, 0.2) is 5.78 Å². The number of pyridine rings is 1. The van der Waals surface area contributed by atoms with Crippen LogP contribution in [0.5, 0.6) is 5.75 Å². The molecule has 0 radical (unpaired) electrons. The lowest BCUT2D eigenvalue weighted by molar-refractivity contribution is 0.104. The number of halogens is 2. The van der Waals surface area contributed by atoms with E-state index in [4.69, 9.17) is 16.3 Å². The van der Waals surface area contributed by atoms with Gasteiger partial charge in [-0.1, -0.05) is 11.6 Å². The average molecular weight is 356 g/mol. The van der Waals surface area contributed by atoms with Crippen LogP contribution in [0.1, 0.15) is 22.8 Å². The van der Waals surface area contributed by atoms with Gasteiger partial charge < -0.3 is 4.74 Å². The molecule has 5 heteroatoms. The Labute approximate surface area is 149 Å². The molecule has 126 valence electrons. The number of benzene rings is 2.